The van der Waals surface area contributed by atoms with Crippen LogP contribution in [0, 0.1) is 0 Å². The lowest BCUT2D eigenvalue weighted by atomic mass is 10.1. The molecule has 6 heteroatoms. The molecule has 0 aliphatic rings. The standard InChI is InChI=1S/C15H11N3O2S/c19-13(20)8-12-14(10-4-3-6-16-9-10)18-15(21-12)11-5-1-2-7-17-11/h1-7,9H,8H2,(H,19,20). The van der Waals surface area contributed by atoms with E-state index in [4.69, 9.17) is 5.11 Å². The van der Waals surface area contributed by atoms with E-state index in [2.05, 4.69) is 15.0 Å². The number of carbonyl (C=O) groups is 1. The summed E-state index contributed by atoms with van der Waals surface area (Å²) in [5, 5.41) is 9.78. The molecule has 0 saturated carbocycles. The fourth-order valence-corrected chi connectivity index (χ4v) is 2.99. The minimum absolute atomic E-state index is 0.0608. The van der Waals surface area contributed by atoms with Crippen molar-refractivity contribution in [2.24, 2.45) is 0 Å². The summed E-state index contributed by atoms with van der Waals surface area (Å²) in [7, 11) is 0. The molecule has 0 aliphatic heterocycles. The lowest BCUT2D eigenvalue weighted by Crippen LogP contribution is -1.99. The number of aliphatic carboxylic acids is 1. The molecule has 3 aromatic rings. The number of hydrogen-bond donors (Lipinski definition) is 1. The van der Waals surface area contributed by atoms with Crippen molar-refractivity contribution in [3.8, 4) is 22.0 Å². The van der Waals surface area contributed by atoms with E-state index in [1.54, 1.807) is 24.7 Å². The number of carboxylic acids is 1. The van der Waals surface area contributed by atoms with Gasteiger partial charge in [-0.1, -0.05) is 6.07 Å². The van der Waals surface area contributed by atoms with Gasteiger partial charge < -0.3 is 5.11 Å². The number of aromatic nitrogens is 3. The van der Waals surface area contributed by atoms with Crippen LogP contribution in [0.25, 0.3) is 22.0 Å². The monoisotopic (exact) mass is 297 g/mol. The van der Waals surface area contributed by atoms with Crippen LogP contribution in [0.15, 0.2) is 48.9 Å². The van der Waals surface area contributed by atoms with Crippen LogP contribution in [0.4, 0.5) is 0 Å². The molecular weight excluding hydrogens is 286 g/mol. The molecule has 3 heterocycles. The summed E-state index contributed by atoms with van der Waals surface area (Å²) < 4.78 is 0. The summed E-state index contributed by atoms with van der Waals surface area (Å²) >= 11 is 1.35. The Morgan fingerprint density at radius 2 is 2.10 bits per heavy atom. The van der Waals surface area contributed by atoms with Crippen molar-refractivity contribution in [2.45, 2.75) is 6.42 Å². The van der Waals surface area contributed by atoms with Crippen LogP contribution in [0.3, 0.4) is 0 Å². The number of rotatable bonds is 4. The number of thiazole rings is 1. The molecule has 0 amide bonds. The lowest BCUT2D eigenvalue weighted by molar-refractivity contribution is -0.136. The van der Waals surface area contributed by atoms with E-state index in [1.807, 2.05) is 24.3 Å². The Kier molecular flexibility index (Phi) is 3.70. The van der Waals surface area contributed by atoms with E-state index >= 15 is 0 Å². The highest BCUT2D eigenvalue weighted by molar-refractivity contribution is 7.15. The predicted octanol–water partition coefficient (Wildman–Crippen LogP) is 2.89. The Morgan fingerprint density at radius 3 is 2.76 bits per heavy atom. The van der Waals surface area contributed by atoms with Crippen LogP contribution < -0.4 is 0 Å². The van der Waals surface area contributed by atoms with Gasteiger partial charge in [-0.05, 0) is 24.3 Å². The van der Waals surface area contributed by atoms with E-state index in [1.165, 1.54) is 11.3 Å². The van der Waals surface area contributed by atoms with Gasteiger partial charge in [0.1, 0.15) is 5.01 Å². The van der Waals surface area contributed by atoms with Gasteiger partial charge in [0.25, 0.3) is 0 Å². The molecule has 0 radical (unpaired) electrons. The molecule has 1 N–H and O–H groups in total. The Hall–Kier alpha value is -2.60. The largest absolute Gasteiger partial charge is 0.481 e. The van der Waals surface area contributed by atoms with Crippen molar-refractivity contribution in [1.82, 2.24) is 15.0 Å². The van der Waals surface area contributed by atoms with Gasteiger partial charge in [0.2, 0.25) is 0 Å². The number of pyridine rings is 2. The molecule has 21 heavy (non-hydrogen) atoms. The molecule has 0 unspecified atom stereocenters. The van der Waals surface area contributed by atoms with E-state index in [-0.39, 0.29) is 6.42 Å². The van der Waals surface area contributed by atoms with E-state index in [0.717, 1.165) is 11.3 Å². The van der Waals surface area contributed by atoms with Crippen molar-refractivity contribution < 1.29 is 9.90 Å². The van der Waals surface area contributed by atoms with Crippen LogP contribution in [0.2, 0.25) is 0 Å². The maximum absolute atomic E-state index is 11.0. The summed E-state index contributed by atoms with van der Waals surface area (Å²) in [6.07, 6.45) is 4.99. The molecule has 3 rings (SSSR count). The average molecular weight is 297 g/mol. The van der Waals surface area contributed by atoms with E-state index < -0.39 is 5.97 Å². The minimum Gasteiger partial charge on any atom is -0.481 e. The summed E-state index contributed by atoms with van der Waals surface area (Å²) in [6.45, 7) is 0. The van der Waals surface area contributed by atoms with Crippen molar-refractivity contribution in [2.75, 3.05) is 0 Å². The number of carboxylic acid groups (broad SMARTS) is 1. The van der Waals surface area contributed by atoms with Crippen molar-refractivity contribution in [1.29, 1.82) is 0 Å². The summed E-state index contributed by atoms with van der Waals surface area (Å²) in [5.74, 6) is -0.878. The summed E-state index contributed by atoms with van der Waals surface area (Å²) in [6, 6.07) is 9.24. The smallest absolute Gasteiger partial charge is 0.308 e. The first-order chi connectivity index (χ1) is 10.2. The highest BCUT2D eigenvalue weighted by Gasteiger charge is 2.17. The summed E-state index contributed by atoms with van der Waals surface area (Å²) in [5.41, 5.74) is 2.22. The van der Waals surface area contributed by atoms with Crippen molar-refractivity contribution in [3.05, 3.63) is 53.8 Å². The second kappa shape index (κ2) is 5.80. The van der Waals surface area contributed by atoms with Gasteiger partial charge in [-0.25, -0.2) is 4.98 Å². The fourth-order valence-electron chi connectivity index (χ4n) is 1.94. The van der Waals surface area contributed by atoms with Crippen molar-refractivity contribution >= 4 is 17.3 Å². The maximum atomic E-state index is 11.0. The molecule has 104 valence electrons. The first-order valence-electron chi connectivity index (χ1n) is 6.27. The third-order valence-electron chi connectivity index (χ3n) is 2.83. The van der Waals surface area contributed by atoms with Gasteiger partial charge >= 0.3 is 5.97 Å². The zero-order valence-electron chi connectivity index (χ0n) is 10.9. The highest BCUT2D eigenvalue weighted by atomic mass is 32.1. The van der Waals surface area contributed by atoms with Gasteiger partial charge in [0, 0.05) is 29.0 Å². The second-order valence-electron chi connectivity index (χ2n) is 4.32. The van der Waals surface area contributed by atoms with Gasteiger partial charge in [-0.2, -0.15) is 0 Å². The number of nitrogens with zero attached hydrogens (tertiary/aromatic N) is 3. The Bertz CT molecular complexity index is 757. The molecule has 0 aliphatic carbocycles. The Labute approximate surface area is 125 Å². The van der Waals surface area contributed by atoms with E-state index in [9.17, 15) is 4.79 Å². The SMILES string of the molecule is O=C(O)Cc1sc(-c2ccccn2)nc1-c1cccnc1. The summed E-state index contributed by atoms with van der Waals surface area (Å²) in [4.78, 5) is 24.6. The van der Waals surface area contributed by atoms with Crippen LogP contribution in [-0.2, 0) is 11.2 Å². The topological polar surface area (TPSA) is 76.0 Å². The molecular formula is C15H11N3O2S. The van der Waals surface area contributed by atoms with Crippen LogP contribution in [0.5, 0.6) is 0 Å². The fraction of sp³-hybridized carbons (Fsp3) is 0.0667. The van der Waals surface area contributed by atoms with E-state index in [0.29, 0.717) is 15.6 Å². The Balaban J connectivity index is 2.10. The predicted molar refractivity (Wildman–Crippen MR) is 79.9 cm³/mol. The molecule has 0 atom stereocenters. The first kappa shape index (κ1) is 13.4. The third-order valence-corrected chi connectivity index (χ3v) is 3.91. The third kappa shape index (κ3) is 2.95. The second-order valence-corrected chi connectivity index (χ2v) is 5.40. The molecule has 0 spiro atoms. The average Bonchev–Trinajstić information content (AvgIpc) is 2.92. The molecule has 0 fully saturated rings. The van der Waals surface area contributed by atoms with Crippen LogP contribution in [-0.4, -0.2) is 26.0 Å². The van der Waals surface area contributed by atoms with Gasteiger partial charge in [-0.3, -0.25) is 14.8 Å². The molecule has 0 bridgehead atoms. The minimum atomic E-state index is -0.878. The molecule has 3 aromatic heterocycles. The number of hydrogen-bond acceptors (Lipinski definition) is 5. The zero-order valence-corrected chi connectivity index (χ0v) is 11.7. The van der Waals surface area contributed by atoms with Crippen LogP contribution >= 0.6 is 11.3 Å². The molecule has 5 nitrogen and oxygen atoms in total. The van der Waals surface area contributed by atoms with Gasteiger partial charge in [0.05, 0.1) is 17.8 Å². The van der Waals surface area contributed by atoms with Gasteiger partial charge in [0.15, 0.2) is 0 Å². The van der Waals surface area contributed by atoms with Crippen molar-refractivity contribution in [3.63, 3.8) is 0 Å². The normalized spacial score (nSPS) is 10.5. The maximum Gasteiger partial charge on any atom is 0.308 e. The molecule has 0 aromatic carbocycles. The van der Waals surface area contributed by atoms with Gasteiger partial charge in [-0.15, -0.1) is 11.3 Å². The highest BCUT2D eigenvalue weighted by Crippen LogP contribution is 2.33. The van der Waals surface area contributed by atoms with Crippen LogP contribution in [0.1, 0.15) is 4.88 Å². The molecule has 0 saturated heterocycles. The zero-order chi connectivity index (χ0) is 14.7. The lowest BCUT2D eigenvalue weighted by Gasteiger charge is -1.98. The Morgan fingerprint density at radius 1 is 1.19 bits per heavy atom. The quantitative estimate of drug-likeness (QED) is 0.801. The first-order valence-corrected chi connectivity index (χ1v) is 7.09.